The first-order valence-electron chi connectivity index (χ1n) is 11.9. The number of hydrogen-bond acceptors (Lipinski definition) is 4. The molecule has 2 atom stereocenters. The average molecular weight is 475 g/mol. The van der Waals surface area contributed by atoms with Crippen molar-refractivity contribution in [2.24, 2.45) is 0 Å². The first kappa shape index (κ1) is 24.6. The largest absolute Gasteiger partial charge is 0.342 e. The van der Waals surface area contributed by atoms with Crippen LogP contribution < -0.4 is 16.2 Å². The van der Waals surface area contributed by atoms with Crippen LogP contribution in [-0.4, -0.2) is 36.3 Å². The Morgan fingerprint density at radius 1 is 1.00 bits per heavy atom. The van der Waals surface area contributed by atoms with E-state index in [1.54, 1.807) is 48.3 Å². The summed E-state index contributed by atoms with van der Waals surface area (Å²) in [5.74, 6) is -0.525. The van der Waals surface area contributed by atoms with Crippen molar-refractivity contribution >= 4 is 17.5 Å². The Bertz CT molecular complexity index is 1180. The van der Waals surface area contributed by atoms with Crippen LogP contribution in [0.2, 0.25) is 0 Å². The predicted molar refractivity (Wildman–Crippen MR) is 136 cm³/mol. The minimum Gasteiger partial charge on any atom is -0.342 e. The molecule has 0 bridgehead atoms. The van der Waals surface area contributed by atoms with Crippen molar-refractivity contribution in [2.75, 3.05) is 18.9 Å². The second-order valence-electron chi connectivity index (χ2n) is 9.05. The van der Waals surface area contributed by atoms with Crippen LogP contribution in [0.1, 0.15) is 57.1 Å². The molecule has 1 aliphatic heterocycles. The molecule has 3 aromatic carbocycles. The standard InChI is InChI=1S/C28H31FN4O2/c1-19-13-14-22(17-25(19)30-27(34)20-8-4-3-5-9-20)28(35)33(2)15-7-12-24-18-26(32-31-24)21-10-6-11-23(29)16-21/h3-6,8-11,13-14,16-17,24,26,31-32H,7,12,15,18H2,1-2H3,(H,30,34). The third-order valence-electron chi connectivity index (χ3n) is 6.39. The van der Waals surface area contributed by atoms with Crippen molar-refractivity contribution < 1.29 is 14.0 Å². The summed E-state index contributed by atoms with van der Waals surface area (Å²) in [6, 6.07) is 21.4. The van der Waals surface area contributed by atoms with Gasteiger partial charge in [-0.25, -0.2) is 4.39 Å². The van der Waals surface area contributed by atoms with E-state index in [-0.39, 0.29) is 29.7 Å². The maximum absolute atomic E-state index is 13.5. The highest BCUT2D eigenvalue weighted by atomic mass is 19.1. The van der Waals surface area contributed by atoms with Crippen LogP contribution in [0.25, 0.3) is 0 Å². The molecule has 3 aromatic rings. The number of rotatable bonds is 8. The fourth-order valence-electron chi connectivity index (χ4n) is 4.32. The zero-order valence-corrected chi connectivity index (χ0v) is 20.1. The van der Waals surface area contributed by atoms with Crippen molar-refractivity contribution in [1.29, 1.82) is 0 Å². The van der Waals surface area contributed by atoms with Gasteiger partial charge in [0.25, 0.3) is 11.8 Å². The van der Waals surface area contributed by atoms with E-state index >= 15 is 0 Å². The third kappa shape index (κ3) is 6.32. The quantitative estimate of drug-likeness (QED) is 0.437. The van der Waals surface area contributed by atoms with Crippen LogP contribution in [0.3, 0.4) is 0 Å². The summed E-state index contributed by atoms with van der Waals surface area (Å²) in [6.07, 6.45) is 2.59. The summed E-state index contributed by atoms with van der Waals surface area (Å²) < 4.78 is 13.5. The smallest absolute Gasteiger partial charge is 0.255 e. The Kier molecular flexibility index (Phi) is 7.90. The van der Waals surface area contributed by atoms with E-state index in [1.165, 1.54) is 6.07 Å². The molecule has 0 aromatic heterocycles. The fraction of sp³-hybridized carbons (Fsp3) is 0.286. The monoisotopic (exact) mass is 474 g/mol. The first-order chi connectivity index (χ1) is 16.9. The topological polar surface area (TPSA) is 73.5 Å². The normalized spacial score (nSPS) is 17.2. The number of nitrogens with zero attached hydrogens (tertiary/aromatic N) is 1. The Labute approximate surface area is 205 Å². The van der Waals surface area contributed by atoms with Gasteiger partial charge in [0.05, 0.1) is 0 Å². The number of carbonyl (C=O) groups is 2. The minimum absolute atomic E-state index is 0.0761. The Morgan fingerprint density at radius 2 is 1.80 bits per heavy atom. The van der Waals surface area contributed by atoms with E-state index < -0.39 is 0 Å². The molecular weight excluding hydrogens is 443 g/mol. The highest BCUT2D eigenvalue weighted by Crippen LogP contribution is 2.25. The second-order valence-corrected chi connectivity index (χ2v) is 9.05. The Hall–Kier alpha value is -3.55. The zero-order chi connectivity index (χ0) is 24.8. The molecule has 2 amide bonds. The molecule has 2 unspecified atom stereocenters. The highest BCUT2D eigenvalue weighted by molar-refractivity contribution is 6.05. The van der Waals surface area contributed by atoms with Gasteiger partial charge in [-0.05, 0) is 73.7 Å². The SMILES string of the molecule is Cc1ccc(C(=O)N(C)CCCC2CC(c3cccc(F)c3)NN2)cc1NC(=O)c1ccccc1. The molecule has 0 saturated carbocycles. The van der Waals surface area contributed by atoms with Gasteiger partial charge in [-0.15, -0.1) is 0 Å². The third-order valence-corrected chi connectivity index (χ3v) is 6.39. The molecule has 0 radical (unpaired) electrons. The molecule has 0 aliphatic carbocycles. The van der Waals surface area contributed by atoms with E-state index in [2.05, 4.69) is 16.2 Å². The number of nitrogens with one attached hydrogen (secondary N) is 3. The van der Waals surface area contributed by atoms with Gasteiger partial charge in [-0.1, -0.05) is 36.4 Å². The lowest BCUT2D eigenvalue weighted by molar-refractivity contribution is 0.0791. The number of hydrazine groups is 1. The van der Waals surface area contributed by atoms with E-state index in [0.29, 0.717) is 23.4 Å². The van der Waals surface area contributed by atoms with Crippen LogP contribution in [0.15, 0.2) is 72.8 Å². The summed E-state index contributed by atoms with van der Waals surface area (Å²) in [5, 5.41) is 2.91. The van der Waals surface area contributed by atoms with Gasteiger partial charge in [-0.3, -0.25) is 20.4 Å². The lowest BCUT2D eigenvalue weighted by atomic mass is 9.99. The highest BCUT2D eigenvalue weighted by Gasteiger charge is 2.25. The van der Waals surface area contributed by atoms with Crippen molar-refractivity contribution in [3.8, 4) is 0 Å². The maximum Gasteiger partial charge on any atom is 0.255 e. The molecule has 7 heteroatoms. The molecule has 1 aliphatic rings. The van der Waals surface area contributed by atoms with Crippen LogP contribution in [-0.2, 0) is 0 Å². The molecular formula is C28H31FN4O2. The van der Waals surface area contributed by atoms with Gasteiger partial charge in [0, 0.05) is 42.5 Å². The van der Waals surface area contributed by atoms with Crippen LogP contribution >= 0.6 is 0 Å². The Morgan fingerprint density at radius 3 is 2.57 bits per heavy atom. The number of benzene rings is 3. The van der Waals surface area contributed by atoms with Gasteiger partial charge in [0.15, 0.2) is 0 Å². The molecule has 3 N–H and O–H groups in total. The van der Waals surface area contributed by atoms with Gasteiger partial charge in [-0.2, -0.15) is 0 Å². The Balaban J connectivity index is 1.28. The van der Waals surface area contributed by atoms with Crippen molar-refractivity contribution in [3.05, 3.63) is 101 Å². The van der Waals surface area contributed by atoms with Crippen molar-refractivity contribution in [2.45, 2.75) is 38.3 Å². The van der Waals surface area contributed by atoms with Crippen LogP contribution in [0.5, 0.6) is 0 Å². The number of carbonyl (C=O) groups excluding carboxylic acids is 2. The summed E-state index contributed by atoms with van der Waals surface area (Å²) in [5.41, 5.74) is 10.1. The lowest BCUT2D eigenvalue weighted by Crippen LogP contribution is -2.32. The number of anilines is 1. The molecule has 0 spiro atoms. The molecule has 182 valence electrons. The van der Waals surface area contributed by atoms with Crippen molar-refractivity contribution in [3.63, 3.8) is 0 Å². The van der Waals surface area contributed by atoms with Crippen LogP contribution in [0, 0.1) is 12.7 Å². The summed E-state index contributed by atoms with van der Waals surface area (Å²) in [4.78, 5) is 27.3. The van der Waals surface area contributed by atoms with Crippen LogP contribution in [0.4, 0.5) is 10.1 Å². The van der Waals surface area contributed by atoms with E-state index in [1.807, 2.05) is 37.3 Å². The number of aryl methyl sites for hydroxylation is 1. The summed E-state index contributed by atoms with van der Waals surface area (Å²) in [6.45, 7) is 2.51. The van der Waals surface area contributed by atoms with Gasteiger partial charge < -0.3 is 10.2 Å². The molecule has 1 heterocycles. The molecule has 1 fully saturated rings. The molecule has 4 rings (SSSR count). The van der Waals surface area contributed by atoms with E-state index in [0.717, 1.165) is 30.4 Å². The summed E-state index contributed by atoms with van der Waals surface area (Å²) in [7, 11) is 1.79. The van der Waals surface area contributed by atoms with E-state index in [4.69, 9.17) is 0 Å². The van der Waals surface area contributed by atoms with E-state index in [9.17, 15) is 14.0 Å². The fourth-order valence-corrected chi connectivity index (χ4v) is 4.32. The average Bonchev–Trinajstić information content (AvgIpc) is 3.34. The second kappa shape index (κ2) is 11.3. The maximum atomic E-state index is 13.5. The predicted octanol–water partition coefficient (Wildman–Crippen LogP) is 4.85. The number of amides is 2. The molecule has 1 saturated heterocycles. The van der Waals surface area contributed by atoms with Crippen molar-refractivity contribution in [1.82, 2.24) is 15.8 Å². The first-order valence-corrected chi connectivity index (χ1v) is 11.9. The number of hydrogen-bond donors (Lipinski definition) is 3. The lowest BCUT2D eigenvalue weighted by Gasteiger charge is -2.19. The summed E-state index contributed by atoms with van der Waals surface area (Å²) >= 11 is 0. The van der Waals surface area contributed by atoms with Gasteiger partial charge in [0.2, 0.25) is 0 Å². The van der Waals surface area contributed by atoms with Gasteiger partial charge >= 0.3 is 0 Å². The molecule has 6 nitrogen and oxygen atoms in total. The zero-order valence-electron chi connectivity index (χ0n) is 20.1. The minimum atomic E-state index is -0.230. The number of halogens is 1. The molecule has 35 heavy (non-hydrogen) atoms. The van der Waals surface area contributed by atoms with Gasteiger partial charge in [0.1, 0.15) is 5.82 Å².